The molecule has 1 aromatic carbocycles. The van der Waals surface area contributed by atoms with E-state index in [1.165, 1.54) is 12.1 Å². The van der Waals surface area contributed by atoms with E-state index in [1.807, 2.05) is 13.8 Å². The van der Waals surface area contributed by atoms with E-state index in [2.05, 4.69) is 20.7 Å². The Labute approximate surface area is 122 Å². The fraction of sp³-hybridized carbons (Fsp3) is 0.500. The number of sulfonamides is 1. The summed E-state index contributed by atoms with van der Waals surface area (Å²) in [6.45, 7) is 4.55. The molecule has 0 saturated heterocycles. The molecule has 0 heterocycles. The number of rotatable bonds is 7. The molecule has 0 bridgehead atoms. The Balaban J connectivity index is 2.81. The van der Waals surface area contributed by atoms with Crippen molar-refractivity contribution in [2.45, 2.75) is 31.2 Å². The second kappa shape index (κ2) is 7.23. The van der Waals surface area contributed by atoms with E-state index in [9.17, 15) is 8.42 Å². The van der Waals surface area contributed by atoms with Crippen molar-refractivity contribution in [2.75, 3.05) is 13.2 Å². The third-order valence-corrected chi connectivity index (χ3v) is 4.48. The molecule has 0 aliphatic rings. The van der Waals surface area contributed by atoms with Crippen LogP contribution in [0.1, 0.15) is 20.3 Å². The predicted octanol–water partition coefficient (Wildman–Crippen LogP) is 1.86. The maximum Gasteiger partial charge on any atom is 0.240 e. The van der Waals surface area contributed by atoms with E-state index >= 15 is 0 Å². The highest BCUT2D eigenvalue weighted by molar-refractivity contribution is 9.10. The number of nitrogens with one attached hydrogen (secondary N) is 1. The van der Waals surface area contributed by atoms with E-state index in [1.54, 1.807) is 6.07 Å². The first kappa shape index (κ1) is 16.4. The van der Waals surface area contributed by atoms with Crippen LogP contribution in [0.3, 0.4) is 0 Å². The molecular formula is C12H19BrN2O3S. The summed E-state index contributed by atoms with van der Waals surface area (Å²) in [5.74, 6) is 0.622. The minimum atomic E-state index is -3.50. The number of hydrogen-bond acceptors (Lipinski definition) is 4. The fourth-order valence-electron chi connectivity index (χ4n) is 1.43. The summed E-state index contributed by atoms with van der Waals surface area (Å²) in [7, 11) is -3.50. The molecule has 0 saturated carbocycles. The molecule has 19 heavy (non-hydrogen) atoms. The number of ether oxygens (including phenoxy) is 1. The molecule has 0 spiro atoms. The Morgan fingerprint density at radius 3 is 2.68 bits per heavy atom. The molecule has 0 radical (unpaired) electrons. The van der Waals surface area contributed by atoms with Crippen LogP contribution in [0.4, 0.5) is 0 Å². The second-order valence-electron chi connectivity index (χ2n) is 4.19. The van der Waals surface area contributed by atoms with Crippen LogP contribution in [-0.2, 0) is 10.0 Å². The van der Waals surface area contributed by atoms with E-state index < -0.39 is 10.0 Å². The molecule has 5 nitrogen and oxygen atoms in total. The first-order valence-corrected chi connectivity index (χ1v) is 8.32. The molecule has 3 N–H and O–H groups in total. The van der Waals surface area contributed by atoms with Crippen molar-refractivity contribution in [3.63, 3.8) is 0 Å². The Bertz CT molecular complexity index is 518. The van der Waals surface area contributed by atoms with Gasteiger partial charge in [-0.15, -0.1) is 0 Å². The van der Waals surface area contributed by atoms with Crippen LogP contribution in [0.2, 0.25) is 0 Å². The Morgan fingerprint density at radius 2 is 2.16 bits per heavy atom. The molecule has 108 valence electrons. The maximum absolute atomic E-state index is 12.0. The smallest absolute Gasteiger partial charge is 0.240 e. The molecule has 0 aromatic heterocycles. The summed E-state index contributed by atoms with van der Waals surface area (Å²) in [6.07, 6.45) is 0.595. The Hall–Kier alpha value is -0.630. The zero-order valence-corrected chi connectivity index (χ0v) is 13.4. The van der Waals surface area contributed by atoms with Crippen molar-refractivity contribution in [1.29, 1.82) is 0 Å². The highest BCUT2D eigenvalue weighted by Crippen LogP contribution is 2.27. The Morgan fingerprint density at radius 1 is 1.47 bits per heavy atom. The summed E-state index contributed by atoms with van der Waals surface area (Å²) >= 11 is 3.29. The normalized spacial score (nSPS) is 13.3. The average Bonchev–Trinajstić information content (AvgIpc) is 2.31. The third kappa shape index (κ3) is 5.10. The molecule has 0 aliphatic heterocycles. The van der Waals surface area contributed by atoms with Gasteiger partial charge in [0, 0.05) is 12.6 Å². The van der Waals surface area contributed by atoms with Gasteiger partial charge in [0.15, 0.2) is 0 Å². The average molecular weight is 351 g/mol. The van der Waals surface area contributed by atoms with Gasteiger partial charge in [0.1, 0.15) is 5.75 Å². The number of halogens is 1. The third-order valence-electron chi connectivity index (χ3n) is 2.41. The van der Waals surface area contributed by atoms with Crippen molar-refractivity contribution in [2.24, 2.45) is 5.73 Å². The lowest BCUT2D eigenvalue weighted by atomic mass is 10.3. The Kier molecular flexibility index (Phi) is 6.25. The van der Waals surface area contributed by atoms with Gasteiger partial charge < -0.3 is 10.5 Å². The van der Waals surface area contributed by atoms with Crippen LogP contribution < -0.4 is 15.2 Å². The van der Waals surface area contributed by atoms with Gasteiger partial charge in [-0.1, -0.05) is 0 Å². The van der Waals surface area contributed by atoms with Gasteiger partial charge in [0.2, 0.25) is 10.0 Å². The van der Waals surface area contributed by atoms with Crippen molar-refractivity contribution in [3.05, 3.63) is 22.7 Å². The van der Waals surface area contributed by atoms with Gasteiger partial charge in [-0.2, -0.15) is 0 Å². The molecule has 1 atom stereocenters. The molecule has 1 rings (SSSR count). The van der Waals surface area contributed by atoms with Crippen LogP contribution >= 0.6 is 15.9 Å². The standard InChI is InChI=1S/C12H19BrN2O3S/c1-3-18-12-5-4-10(8-11(12)13)19(16,17)15-7-6-9(2)14/h4-5,8-9,15H,3,6-7,14H2,1-2H3. The molecule has 0 amide bonds. The topological polar surface area (TPSA) is 81.4 Å². The molecule has 1 aromatic rings. The zero-order chi connectivity index (χ0) is 14.5. The van der Waals surface area contributed by atoms with Gasteiger partial charge >= 0.3 is 0 Å². The summed E-state index contributed by atoms with van der Waals surface area (Å²) in [4.78, 5) is 0.201. The molecule has 7 heteroatoms. The minimum Gasteiger partial charge on any atom is -0.493 e. The molecule has 0 fully saturated rings. The monoisotopic (exact) mass is 350 g/mol. The maximum atomic E-state index is 12.0. The number of hydrogen-bond donors (Lipinski definition) is 2. The van der Waals surface area contributed by atoms with Crippen LogP contribution in [0.5, 0.6) is 5.75 Å². The number of benzene rings is 1. The van der Waals surface area contributed by atoms with Crippen molar-refractivity contribution >= 4 is 26.0 Å². The number of nitrogens with two attached hydrogens (primary N) is 1. The van der Waals surface area contributed by atoms with Gasteiger partial charge in [-0.25, -0.2) is 13.1 Å². The molecular weight excluding hydrogens is 332 g/mol. The van der Waals surface area contributed by atoms with Crippen molar-refractivity contribution < 1.29 is 13.2 Å². The molecule has 0 aliphatic carbocycles. The quantitative estimate of drug-likeness (QED) is 0.786. The SMILES string of the molecule is CCOc1ccc(S(=O)(=O)NCCC(C)N)cc1Br. The van der Waals surface area contributed by atoms with E-state index in [0.717, 1.165) is 0 Å². The van der Waals surface area contributed by atoms with Gasteiger partial charge in [0.05, 0.1) is 16.0 Å². The lowest BCUT2D eigenvalue weighted by Gasteiger charge is -2.10. The van der Waals surface area contributed by atoms with Crippen molar-refractivity contribution in [3.8, 4) is 5.75 Å². The largest absolute Gasteiger partial charge is 0.493 e. The van der Waals surface area contributed by atoms with Gasteiger partial charge in [-0.05, 0) is 54.4 Å². The molecule has 1 unspecified atom stereocenters. The summed E-state index contributed by atoms with van der Waals surface area (Å²) < 4.78 is 32.5. The fourth-order valence-corrected chi connectivity index (χ4v) is 3.14. The first-order chi connectivity index (χ1) is 8.86. The first-order valence-electron chi connectivity index (χ1n) is 6.04. The van der Waals surface area contributed by atoms with Gasteiger partial charge in [0.25, 0.3) is 0 Å². The van der Waals surface area contributed by atoms with Crippen LogP contribution in [-0.4, -0.2) is 27.6 Å². The predicted molar refractivity (Wildman–Crippen MR) is 78.8 cm³/mol. The van der Waals surface area contributed by atoms with Crippen molar-refractivity contribution in [1.82, 2.24) is 4.72 Å². The zero-order valence-electron chi connectivity index (χ0n) is 11.0. The highest BCUT2D eigenvalue weighted by atomic mass is 79.9. The van der Waals surface area contributed by atoms with E-state index in [0.29, 0.717) is 29.8 Å². The lowest BCUT2D eigenvalue weighted by molar-refractivity contribution is 0.338. The van der Waals surface area contributed by atoms with E-state index in [4.69, 9.17) is 10.5 Å². The van der Waals surface area contributed by atoms with Crippen LogP contribution in [0, 0.1) is 0 Å². The summed E-state index contributed by atoms with van der Waals surface area (Å²) in [5, 5.41) is 0. The van der Waals surface area contributed by atoms with Crippen LogP contribution in [0.15, 0.2) is 27.6 Å². The summed E-state index contributed by atoms with van der Waals surface area (Å²) in [5.41, 5.74) is 5.58. The van der Waals surface area contributed by atoms with E-state index in [-0.39, 0.29) is 10.9 Å². The highest BCUT2D eigenvalue weighted by Gasteiger charge is 2.15. The van der Waals surface area contributed by atoms with Gasteiger partial charge in [-0.3, -0.25) is 0 Å². The second-order valence-corrected chi connectivity index (χ2v) is 6.81. The van der Waals surface area contributed by atoms with Crippen LogP contribution in [0.25, 0.3) is 0 Å². The summed E-state index contributed by atoms with van der Waals surface area (Å²) in [6, 6.07) is 4.64. The lowest BCUT2D eigenvalue weighted by Crippen LogP contribution is -2.29. The minimum absolute atomic E-state index is 0.0326.